The van der Waals surface area contributed by atoms with E-state index in [2.05, 4.69) is 50.2 Å². The molecule has 0 radical (unpaired) electrons. The minimum absolute atomic E-state index is 0.0568. The maximum atomic E-state index is 13.0. The van der Waals surface area contributed by atoms with Crippen molar-refractivity contribution in [2.24, 2.45) is 0 Å². The summed E-state index contributed by atoms with van der Waals surface area (Å²) in [5, 5.41) is 3.40. The van der Waals surface area contributed by atoms with Crippen LogP contribution in [-0.4, -0.2) is 101 Å². The molecule has 0 saturated carbocycles. The van der Waals surface area contributed by atoms with Crippen molar-refractivity contribution in [1.82, 2.24) is 30.0 Å². The molecule has 218 valence electrons. The molecule has 4 aliphatic rings. The molecule has 2 atom stereocenters. The number of piperidine rings is 1. The van der Waals surface area contributed by atoms with Crippen LogP contribution in [0.2, 0.25) is 0 Å². The van der Waals surface area contributed by atoms with Gasteiger partial charge in [-0.1, -0.05) is 6.07 Å². The van der Waals surface area contributed by atoms with Crippen molar-refractivity contribution in [3.05, 3.63) is 59.3 Å². The van der Waals surface area contributed by atoms with E-state index in [9.17, 15) is 14.4 Å². The minimum atomic E-state index is -0.615. The number of nitrogens with one attached hydrogen (secondary N) is 1. The van der Waals surface area contributed by atoms with Crippen LogP contribution in [0.5, 0.6) is 5.75 Å². The number of hydrogen-bond acceptors (Lipinski definition) is 9. The van der Waals surface area contributed by atoms with Crippen molar-refractivity contribution in [2.75, 3.05) is 51.2 Å². The van der Waals surface area contributed by atoms with Gasteiger partial charge in [0.15, 0.2) is 0 Å². The van der Waals surface area contributed by atoms with Gasteiger partial charge in [0.1, 0.15) is 17.9 Å². The van der Waals surface area contributed by atoms with E-state index in [4.69, 9.17) is 9.72 Å². The van der Waals surface area contributed by atoms with Crippen molar-refractivity contribution < 1.29 is 19.1 Å². The highest BCUT2D eigenvalue weighted by molar-refractivity contribution is 6.05. The monoisotopic (exact) mass is 569 g/mol. The van der Waals surface area contributed by atoms with Gasteiger partial charge < -0.3 is 19.4 Å². The van der Waals surface area contributed by atoms with E-state index < -0.39 is 11.9 Å². The molecule has 3 fully saturated rings. The lowest BCUT2D eigenvalue weighted by molar-refractivity contribution is -0.136. The number of hydrogen-bond donors (Lipinski definition) is 1. The highest BCUT2D eigenvalue weighted by Gasteiger charge is 2.39. The normalized spacial score (nSPS) is 23.5. The number of carbonyl (C=O) groups is 3. The first-order valence-electron chi connectivity index (χ1n) is 14.8. The van der Waals surface area contributed by atoms with Gasteiger partial charge in [0, 0.05) is 75.9 Å². The molecular weight excluding hydrogens is 534 g/mol. The number of likely N-dealkylation sites (N-methyl/N-ethyl adjacent to an activating group) is 1. The number of amides is 3. The maximum Gasteiger partial charge on any atom is 0.255 e. The zero-order valence-corrected chi connectivity index (χ0v) is 23.8. The van der Waals surface area contributed by atoms with E-state index in [-0.39, 0.29) is 24.3 Å². The summed E-state index contributed by atoms with van der Waals surface area (Å²) in [6.07, 6.45) is 3.52. The molecule has 11 nitrogen and oxygen atoms in total. The number of anilines is 1. The topological polar surface area (TPSA) is 111 Å². The quantitative estimate of drug-likeness (QED) is 0.444. The van der Waals surface area contributed by atoms with E-state index in [0.29, 0.717) is 18.5 Å². The van der Waals surface area contributed by atoms with Crippen molar-refractivity contribution in [3.63, 3.8) is 0 Å². The molecule has 2 aromatic carbocycles. The fourth-order valence-electron chi connectivity index (χ4n) is 6.44. The van der Waals surface area contributed by atoms with Crippen LogP contribution >= 0.6 is 0 Å². The third-order valence-corrected chi connectivity index (χ3v) is 8.85. The predicted molar refractivity (Wildman–Crippen MR) is 156 cm³/mol. The Balaban J connectivity index is 0.953. The average molecular weight is 570 g/mol. The number of imide groups is 1. The van der Waals surface area contributed by atoms with E-state index in [0.717, 1.165) is 80.4 Å². The van der Waals surface area contributed by atoms with Crippen LogP contribution in [0.4, 0.5) is 5.95 Å². The summed E-state index contributed by atoms with van der Waals surface area (Å²) in [4.78, 5) is 54.9. The molecule has 1 N–H and O–H groups in total. The summed E-state index contributed by atoms with van der Waals surface area (Å²) in [5.74, 6) is 0.686. The number of nitrogens with zero attached hydrogens (tertiary/aromatic N) is 6. The van der Waals surface area contributed by atoms with Gasteiger partial charge in [0.2, 0.25) is 17.8 Å². The van der Waals surface area contributed by atoms with Crippen LogP contribution in [0, 0.1) is 0 Å². The molecule has 5 heterocycles. The number of ether oxygens (including phenoxy) is 1. The summed E-state index contributed by atoms with van der Waals surface area (Å²) in [6, 6.07) is 11.4. The Bertz CT molecular complexity index is 1550. The third kappa shape index (κ3) is 5.30. The number of aromatic nitrogens is 2. The second kappa shape index (κ2) is 11.0. The van der Waals surface area contributed by atoms with Crippen LogP contribution < -0.4 is 15.0 Å². The van der Waals surface area contributed by atoms with E-state index in [1.807, 2.05) is 18.3 Å². The number of benzene rings is 2. The molecule has 0 aliphatic carbocycles. The molecule has 2 unspecified atom stereocenters. The number of fused-ring (bicyclic) bond motifs is 2. The molecular formula is C31H35N7O4. The fourth-order valence-corrected chi connectivity index (χ4v) is 6.44. The van der Waals surface area contributed by atoms with Gasteiger partial charge in [-0.2, -0.15) is 0 Å². The van der Waals surface area contributed by atoms with Gasteiger partial charge in [-0.3, -0.25) is 24.6 Å². The smallest absolute Gasteiger partial charge is 0.255 e. The van der Waals surface area contributed by atoms with Crippen molar-refractivity contribution >= 4 is 34.6 Å². The number of carbonyl (C=O) groups excluding carboxylic acids is 3. The van der Waals surface area contributed by atoms with Gasteiger partial charge >= 0.3 is 0 Å². The Kier molecular flexibility index (Phi) is 6.99. The standard InChI is InChI=1S/C31H35N7O4/c1-35-10-12-37(13-11-35)31-32-16-21-14-20(2-5-26(21)33-31)17-36-9-8-24(19-36)42-23-3-4-25-22(15-23)18-38(30(25)41)27-6-7-28(39)34-29(27)40/h2-5,14-16,24,27H,6-13,17-19H2,1H3,(H,34,39,40). The Morgan fingerprint density at radius 2 is 1.86 bits per heavy atom. The number of piperazine rings is 1. The summed E-state index contributed by atoms with van der Waals surface area (Å²) < 4.78 is 6.34. The maximum absolute atomic E-state index is 13.0. The number of rotatable bonds is 6. The van der Waals surface area contributed by atoms with Crippen molar-refractivity contribution in [2.45, 2.75) is 44.5 Å². The Labute approximate surface area is 244 Å². The first-order valence-corrected chi connectivity index (χ1v) is 14.8. The van der Waals surface area contributed by atoms with Crippen LogP contribution in [0.25, 0.3) is 10.9 Å². The predicted octanol–water partition coefficient (Wildman–Crippen LogP) is 1.80. The largest absolute Gasteiger partial charge is 0.489 e. The molecule has 3 saturated heterocycles. The van der Waals surface area contributed by atoms with E-state index in [1.54, 1.807) is 11.0 Å². The summed E-state index contributed by atoms with van der Waals surface area (Å²) in [7, 11) is 2.14. The molecule has 3 amide bonds. The van der Waals surface area contributed by atoms with Crippen LogP contribution in [-0.2, 0) is 22.7 Å². The first kappa shape index (κ1) is 26.8. The molecule has 1 aromatic heterocycles. The summed E-state index contributed by atoms with van der Waals surface area (Å²) >= 11 is 0. The summed E-state index contributed by atoms with van der Waals surface area (Å²) in [5.41, 5.74) is 3.64. The van der Waals surface area contributed by atoms with Gasteiger partial charge in [-0.15, -0.1) is 0 Å². The lowest BCUT2D eigenvalue weighted by Gasteiger charge is -2.32. The van der Waals surface area contributed by atoms with E-state index >= 15 is 0 Å². The van der Waals surface area contributed by atoms with E-state index in [1.165, 1.54) is 5.56 Å². The van der Waals surface area contributed by atoms with Gasteiger partial charge in [-0.05, 0) is 61.3 Å². The molecule has 4 aliphatic heterocycles. The van der Waals surface area contributed by atoms with Crippen LogP contribution in [0.15, 0.2) is 42.6 Å². The van der Waals surface area contributed by atoms with Gasteiger partial charge in [-0.25, -0.2) is 9.97 Å². The Hall–Kier alpha value is -4.09. The zero-order valence-electron chi connectivity index (χ0n) is 23.8. The highest BCUT2D eigenvalue weighted by atomic mass is 16.5. The average Bonchev–Trinajstić information content (AvgIpc) is 3.56. The molecule has 3 aromatic rings. The first-order chi connectivity index (χ1) is 20.4. The SMILES string of the molecule is CN1CCN(c2ncc3cc(CN4CCC(Oc5ccc6c(c5)CN(C5CCC(=O)NC5=O)C6=O)C4)ccc3n2)CC1. The fraction of sp³-hybridized carbons (Fsp3) is 0.452. The van der Waals surface area contributed by atoms with Gasteiger partial charge in [0.05, 0.1) is 5.52 Å². The molecule has 0 bridgehead atoms. The van der Waals surface area contributed by atoms with Gasteiger partial charge in [0.25, 0.3) is 5.91 Å². The zero-order chi connectivity index (χ0) is 28.8. The molecule has 42 heavy (non-hydrogen) atoms. The lowest BCUT2D eigenvalue weighted by atomic mass is 10.0. The lowest BCUT2D eigenvalue weighted by Crippen LogP contribution is -2.52. The van der Waals surface area contributed by atoms with Crippen molar-refractivity contribution in [1.29, 1.82) is 0 Å². The second-order valence-corrected chi connectivity index (χ2v) is 11.8. The van der Waals surface area contributed by atoms with Crippen LogP contribution in [0.1, 0.15) is 40.7 Å². The second-order valence-electron chi connectivity index (χ2n) is 11.8. The minimum Gasteiger partial charge on any atom is -0.489 e. The molecule has 7 rings (SSSR count). The Morgan fingerprint density at radius 3 is 2.69 bits per heavy atom. The van der Waals surface area contributed by atoms with Crippen molar-refractivity contribution in [3.8, 4) is 5.75 Å². The molecule has 11 heteroatoms. The number of likely N-dealkylation sites (tertiary alicyclic amines) is 1. The Morgan fingerprint density at radius 1 is 1.00 bits per heavy atom. The summed E-state index contributed by atoms with van der Waals surface area (Å²) in [6.45, 7) is 6.87. The third-order valence-electron chi connectivity index (χ3n) is 8.85. The highest BCUT2D eigenvalue weighted by Crippen LogP contribution is 2.31. The van der Waals surface area contributed by atoms with Crippen LogP contribution in [0.3, 0.4) is 0 Å². The molecule has 0 spiro atoms.